The van der Waals surface area contributed by atoms with Crippen molar-refractivity contribution in [2.45, 2.75) is 19.6 Å². The molecule has 0 aromatic heterocycles. The number of rotatable bonds is 4. The molecule has 106 valence electrons. The van der Waals surface area contributed by atoms with Crippen LogP contribution in [-0.2, 0) is 6.61 Å². The van der Waals surface area contributed by atoms with E-state index < -0.39 is 17.7 Å². The van der Waals surface area contributed by atoms with Crippen molar-refractivity contribution in [1.29, 1.82) is 0 Å². The SMILES string of the molecule is C[C@@H](O)c1ccc(OCc2c(F)cccc2Cl)c(F)c1. The van der Waals surface area contributed by atoms with Crippen LogP contribution in [0.5, 0.6) is 5.75 Å². The van der Waals surface area contributed by atoms with Crippen molar-refractivity contribution in [3.8, 4) is 5.75 Å². The molecule has 0 aliphatic carbocycles. The molecule has 0 amide bonds. The third-order valence-corrected chi connectivity index (χ3v) is 3.23. The largest absolute Gasteiger partial charge is 0.486 e. The highest BCUT2D eigenvalue weighted by Gasteiger charge is 2.11. The average Bonchev–Trinajstić information content (AvgIpc) is 2.39. The summed E-state index contributed by atoms with van der Waals surface area (Å²) in [4.78, 5) is 0. The third kappa shape index (κ3) is 3.26. The lowest BCUT2D eigenvalue weighted by molar-refractivity contribution is 0.198. The predicted molar refractivity (Wildman–Crippen MR) is 72.8 cm³/mol. The second kappa shape index (κ2) is 6.20. The van der Waals surface area contributed by atoms with Crippen LogP contribution >= 0.6 is 11.6 Å². The normalized spacial score (nSPS) is 12.2. The van der Waals surface area contributed by atoms with Crippen LogP contribution in [0.3, 0.4) is 0 Å². The molecule has 0 aliphatic rings. The van der Waals surface area contributed by atoms with E-state index in [1.165, 1.54) is 37.3 Å². The maximum Gasteiger partial charge on any atom is 0.165 e. The molecule has 20 heavy (non-hydrogen) atoms. The molecule has 0 aliphatic heterocycles. The van der Waals surface area contributed by atoms with Crippen LogP contribution in [0.2, 0.25) is 5.02 Å². The first-order valence-corrected chi connectivity index (χ1v) is 6.40. The fourth-order valence-corrected chi connectivity index (χ4v) is 1.93. The number of aliphatic hydroxyl groups is 1. The summed E-state index contributed by atoms with van der Waals surface area (Å²) in [6, 6.07) is 8.41. The molecule has 0 unspecified atom stereocenters. The van der Waals surface area contributed by atoms with Gasteiger partial charge in [-0.1, -0.05) is 23.7 Å². The van der Waals surface area contributed by atoms with Gasteiger partial charge in [0.25, 0.3) is 0 Å². The number of hydrogen-bond acceptors (Lipinski definition) is 2. The molecule has 1 atom stereocenters. The van der Waals surface area contributed by atoms with E-state index in [2.05, 4.69) is 0 Å². The molecule has 2 aromatic carbocycles. The van der Waals surface area contributed by atoms with E-state index in [1.807, 2.05) is 0 Å². The Morgan fingerprint density at radius 3 is 2.55 bits per heavy atom. The minimum Gasteiger partial charge on any atom is -0.486 e. The molecule has 2 aromatic rings. The summed E-state index contributed by atoms with van der Waals surface area (Å²) in [5.74, 6) is -1.14. The molecule has 0 bridgehead atoms. The van der Waals surface area contributed by atoms with Gasteiger partial charge >= 0.3 is 0 Å². The first-order chi connectivity index (χ1) is 9.49. The van der Waals surface area contributed by atoms with E-state index in [0.29, 0.717) is 5.56 Å². The van der Waals surface area contributed by atoms with E-state index in [4.69, 9.17) is 16.3 Å². The smallest absolute Gasteiger partial charge is 0.165 e. The van der Waals surface area contributed by atoms with Crippen molar-refractivity contribution in [2.75, 3.05) is 0 Å². The Morgan fingerprint density at radius 2 is 1.95 bits per heavy atom. The summed E-state index contributed by atoms with van der Waals surface area (Å²) in [7, 11) is 0. The third-order valence-electron chi connectivity index (χ3n) is 2.87. The summed E-state index contributed by atoms with van der Waals surface area (Å²) in [5.41, 5.74) is 0.618. The van der Waals surface area contributed by atoms with Gasteiger partial charge in [0.1, 0.15) is 12.4 Å². The molecule has 5 heteroatoms. The average molecular weight is 299 g/mol. The van der Waals surface area contributed by atoms with Gasteiger partial charge in [-0.15, -0.1) is 0 Å². The second-order valence-electron chi connectivity index (χ2n) is 4.35. The van der Waals surface area contributed by atoms with Crippen LogP contribution in [0.1, 0.15) is 24.2 Å². The van der Waals surface area contributed by atoms with Gasteiger partial charge in [-0.05, 0) is 36.8 Å². The molecule has 2 nitrogen and oxygen atoms in total. The van der Waals surface area contributed by atoms with Gasteiger partial charge in [0.15, 0.2) is 11.6 Å². The van der Waals surface area contributed by atoms with Crippen molar-refractivity contribution in [1.82, 2.24) is 0 Å². The predicted octanol–water partition coefficient (Wildman–Crippen LogP) is 4.25. The Bertz CT molecular complexity index is 595. The van der Waals surface area contributed by atoms with Gasteiger partial charge in [0.05, 0.1) is 11.1 Å². The molecule has 0 fully saturated rings. The molecule has 2 rings (SSSR count). The number of ether oxygens (including phenoxy) is 1. The fourth-order valence-electron chi connectivity index (χ4n) is 1.71. The van der Waals surface area contributed by atoms with Crippen LogP contribution in [-0.4, -0.2) is 5.11 Å². The number of halogens is 3. The van der Waals surface area contributed by atoms with Crippen LogP contribution in [0.25, 0.3) is 0 Å². The Hall–Kier alpha value is -1.65. The topological polar surface area (TPSA) is 29.5 Å². The van der Waals surface area contributed by atoms with E-state index in [9.17, 15) is 13.9 Å². The molecule has 0 saturated heterocycles. The standard InChI is InChI=1S/C15H13ClF2O2/c1-9(19)10-5-6-15(14(18)7-10)20-8-11-12(16)3-2-4-13(11)17/h2-7,9,19H,8H2,1H3/t9-/m1/s1. The van der Waals surface area contributed by atoms with Crippen molar-refractivity contribution in [2.24, 2.45) is 0 Å². The minimum absolute atomic E-state index is 0.0197. The van der Waals surface area contributed by atoms with E-state index >= 15 is 0 Å². The summed E-state index contributed by atoms with van der Waals surface area (Å²) in [6.45, 7) is 1.37. The monoisotopic (exact) mass is 298 g/mol. The van der Waals surface area contributed by atoms with Crippen LogP contribution in [0.4, 0.5) is 8.78 Å². The number of hydrogen-bond donors (Lipinski definition) is 1. The van der Waals surface area contributed by atoms with Gasteiger partial charge in [-0.25, -0.2) is 8.78 Å². The highest BCUT2D eigenvalue weighted by Crippen LogP contribution is 2.25. The lowest BCUT2D eigenvalue weighted by Crippen LogP contribution is -2.02. The lowest BCUT2D eigenvalue weighted by Gasteiger charge is -2.11. The van der Waals surface area contributed by atoms with Gasteiger partial charge in [-0.3, -0.25) is 0 Å². The Balaban J connectivity index is 2.15. The second-order valence-corrected chi connectivity index (χ2v) is 4.76. The zero-order valence-corrected chi connectivity index (χ0v) is 11.5. The molecule has 0 saturated carbocycles. The molecular formula is C15H13ClF2O2. The highest BCUT2D eigenvalue weighted by atomic mass is 35.5. The van der Waals surface area contributed by atoms with Crippen LogP contribution in [0.15, 0.2) is 36.4 Å². The van der Waals surface area contributed by atoms with E-state index in [1.54, 1.807) is 6.07 Å². The minimum atomic E-state index is -0.764. The zero-order valence-electron chi connectivity index (χ0n) is 10.7. The highest BCUT2D eigenvalue weighted by molar-refractivity contribution is 6.31. The van der Waals surface area contributed by atoms with Crippen molar-refractivity contribution in [3.63, 3.8) is 0 Å². The Morgan fingerprint density at radius 1 is 1.20 bits per heavy atom. The summed E-state index contributed by atoms with van der Waals surface area (Å²) in [6.07, 6.45) is -0.764. The van der Waals surface area contributed by atoms with Crippen molar-refractivity contribution in [3.05, 3.63) is 64.2 Å². The zero-order chi connectivity index (χ0) is 14.7. The first kappa shape index (κ1) is 14.8. The molecule has 0 heterocycles. The first-order valence-electron chi connectivity index (χ1n) is 6.02. The van der Waals surface area contributed by atoms with Crippen LogP contribution < -0.4 is 4.74 Å². The molecule has 0 radical (unpaired) electrons. The molecule has 0 spiro atoms. The maximum atomic E-state index is 13.8. The fraction of sp³-hybridized carbons (Fsp3) is 0.200. The maximum absolute atomic E-state index is 13.8. The van der Waals surface area contributed by atoms with Gasteiger partial charge in [-0.2, -0.15) is 0 Å². The molecular weight excluding hydrogens is 286 g/mol. The molecule has 1 N–H and O–H groups in total. The summed E-state index contributed by atoms with van der Waals surface area (Å²) >= 11 is 5.86. The van der Waals surface area contributed by atoms with Gasteiger partial charge < -0.3 is 9.84 Å². The Kier molecular flexibility index (Phi) is 4.57. The van der Waals surface area contributed by atoms with E-state index in [-0.39, 0.29) is 22.9 Å². The Labute approximate surface area is 120 Å². The number of benzene rings is 2. The van der Waals surface area contributed by atoms with Crippen LogP contribution in [0, 0.1) is 11.6 Å². The van der Waals surface area contributed by atoms with Crippen molar-refractivity contribution >= 4 is 11.6 Å². The summed E-state index contributed by atoms with van der Waals surface area (Å²) in [5, 5.41) is 9.57. The van der Waals surface area contributed by atoms with Gasteiger partial charge in [0.2, 0.25) is 0 Å². The van der Waals surface area contributed by atoms with E-state index in [0.717, 1.165) is 0 Å². The quantitative estimate of drug-likeness (QED) is 0.914. The lowest BCUT2D eigenvalue weighted by atomic mass is 10.1. The summed E-state index contributed by atoms with van der Waals surface area (Å²) < 4.78 is 32.5. The van der Waals surface area contributed by atoms with Gasteiger partial charge in [0, 0.05) is 5.56 Å². The number of aliphatic hydroxyl groups excluding tert-OH is 1. The van der Waals surface area contributed by atoms with Crippen molar-refractivity contribution < 1.29 is 18.6 Å².